The van der Waals surface area contributed by atoms with E-state index >= 15 is 0 Å². The van der Waals surface area contributed by atoms with Crippen LogP contribution >= 0.6 is 0 Å². The van der Waals surface area contributed by atoms with Crippen molar-refractivity contribution in [3.63, 3.8) is 0 Å². The highest BCUT2D eigenvalue weighted by molar-refractivity contribution is 6.01. The van der Waals surface area contributed by atoms with E-state index in [0.717, 1.165) is 17.4 Å². The van der Waals surface area contributed by atoms with E-state index in [4.69, 9.17) is 20.9 Å². The minimum Gasteiger partial charge on any atom is -0.497 e. The highest BCUT2D eigenvalue weighted by atomic mass is 16.5. The van der Waals surface area contributed by atoms with Crippen LogP contribution in [0.3, 0.4) is 0 Å². The van der Waals surface area contributed by atoms with Gasteiger partial charge in [0.1, 0.15) is 22.9 Å². The zero-order valence-corrected chi connectivity index (χ0v) is 22.1. The fourth-order valence-electron chi connectivity index (χ4n) is 4.94. The van der Waals surface area contributed by atoms with E-state index < -0.39 is 29.0 Å². The van der Waals surface area contributed by atoms with Gasteiger partial charge in [-0.3, -0.25) is 28.4 Å². The predicted molar refractivity (Wildman–Crippen MR) is 146 cm³/mol. The number of rotatable bonds is 10. The number of nitrogens with zero attached hydrogens (tertiary/aromatic N) is 3. The van der Waals surface area contributed by atoms with Gasteiger partial charge in [0.2, 0.25) is 5.91 Å². The fourth-order valence-corrected chi connectivity index (χ4v) is 4.94. The highest BCUT2D eigenvalue weighted by Crippen LogP contribution is 2.19. The van der Waals surface area contributed by atoms with Crippen LogP contribution in [0, 0.1) is 0 Å². The van der Waals surface area contributed by atoms with E-state index in [1.54, 1.807) is 53.4 Å². The molecule has 11 nitrogen and oxygen atoms in total. The van der Waals surface area contributed by atoms with Gasteiger partial charge in [-0.25, -0.2) is 4.79 Å². The Labute approximate surface area is 225 Å². The zero-order valence-electron chi connectivity index (χ0n) is 22.1. The van der Waals surface area contributed by atoms with Gasteiger partial charge in [0.25, 0.3) is 5.56 Å². The van der Waals surface area contributed by atoms with Gasteiger partial charge in [0, 0.05) is 0 Å². The number of piperidine rings is 1. The first-order valence-corrected chi connectivity index (χ1v) is 12.7. The number of Topliss-reactive ketones (excluding diaryl/α,β-unsaturated/α-hetero) is 1. The Kier molecular flexibility index (Phi) is 8.50. The normalized spacial score (nSPS) is 15.6. The maximum atomic E-state index is 13.7. The fraction of sp³-hybridized carbons (Fsp3) is 0.357. The summed E-state index contributed by atoms with van der Waals surface area (Å²) in [6.45, 7) is 0.180. The van der Waals surface area contributed by atoms with E-state index in [1.165, 1.54) is 18.8 Å². The summed E-state index contributed by atoms with van der Waals surface area (Å²) in [7, 11) is 3.05. The summed E-state index contributed by atoms with van der Waals surface area (Å²) in [4.78, 5) is 54.6. The Bertz CT molecular complexity index is 1490. The van der Waals surface area contributed by atoms with Crippen LogP contribution in [0.1, 0.15) is 40.7 Å². The van der Waals surface area contributed by atoms with Crippen LogP contribution in [0.4, 0.5) is 5.82 Å². The van der Waals surface area contributed by atoms with Crippen molar-refractivity contribution in [2.75, 3.05) is 33.0 Å². The molecule has 0 aliphatic carbocycles. The number of benzene rings is 2. The molecule has 1 saturated heterocycles. The number of anilines is 1. The average molecular weight is 536 g/mol. The van der Waals surface area contributed by atoms with Crippen LogP contribution < -0.4 is 32.2 Å². The molecule has 1 atom stereocenters. The van der Waals surface area contributed by atoms with Crippen molar-refractivity contribution in [3.8, 4) is 11.5 Å². The molecule has 4 N–H and O–H groups in total. The van der Waals surface area contributed by atoms with Crippen molar-refractivity contribution in [1.29, 1.82) is 0 Å². The molecule has 0 spiro atoms. The van der Waals surface area contributed by atoms with Crippen LogP contribution in [0.5, 0.6) is 11.5 Å². The molecule has 1 fully saturated rings. The number of hydrogen-bond acceptors (Lipinski definition) is 8. The lowest BCUT2D eigenvalue weighted by molar-refractivity contribution is -0.124. The Morgan fingerprint density at radius 1 is 0.923 bits per heavy atom. The van der Waals surface area contributed by atoms with Gasteiger partial charge < -0.3 is 20.9 Å². The van der Waals surface area contributed by atoms with Gasteiger partial charge in [0.15, 0.2) is 5.78 Å². The summed E-state index contributed by atoms with van der Waals surface area (Å²) in [6, 6.07) is 13.4. The SMILES string of the molecule is COc1cccc(Cn2c(N)c(C(=O)CN3CCCCC3C(N)=O)c(=O)n(Cc3cccc(OC)c3)c2=O)c1. The highest BCUT2D eigenvalue weighted by Gasteiger charge is 2.31. The Balaban J connectivity index is 1.81. The Hall–Kier alpha value is -4.38. The number of amides is 1. The number of carbonyl (C=O) groups excluding carboxylic acids is 2. The van der Waals surface area contributed by atoms with Crippen LogP contribution in [-0.4, -0.2) is 59.1 Å². The smallest absolute Gasteiger partial charge is 0.333 e. The van der Waals surface area contributed by atoms with E-state index in [0.29, 0.717) is 35.6 Å². The van der Waals surface area contributed by atoms with Crippen LogP contribution in [0.25, 0.3) is 0 Å². The van der Waals surface area contributed by atoms with Gasteiger partial charge in [-0.15, -0.1) is 0 Å². The number of ether oxygens (including phenoxy) is 2. The zero-order chi connectivity index (χ0) is 28.1. The summed E-state index contributed by atoms with van der Waals surface area (Å²) in [6.07, 6.45) is 2.15. The van der Waals surface area contributed by atoms with Crippen molar-refractivity contribution in [2.24, 2.45) is 5.73 Å². The summed E-state index contributed by atoms with van der Waals surface area (Å²) >= 11 is 0. The average Bonchev–Trinajstić information content (AvgIpc) is 2.94. The molecule has 206 valence electrons. The van der Waals surface area contributed by atoms with Crippen molar-refractivity contribution < 1.29 is 19.1 Å². The number of methoxy groups -OCH3 is 2. The molecule has 2 aromatic carbocycles. The van der Waals surface area contributed by atoms with Gasteiger partial charge >= 0.3 is 5.69 Å². The Morgan fingerprint density at radius 2 is 1.51 bits per heavy atom. The minimum atomic E-state index is -0.792. The lowest BCUT2D eigenvalue weighted by Crippen LogP contribution is -2.51. The maximum Gasteiger partial charge on any atom is 0.333 e. The van der Waals surface area contributed by atoms with E-state index in [9.17, 15) is 19.2 Å². The quantitative estimate of drug-likeness (QED) is 0.368. The molecular weight excluding hydrogens is 502 g/mol. The molecule has 1 aliphatic rings. The molecule has 3 aromatic rings. The summed E-state index contributed by atoms with van der Waals surface area (Å²) < 4.78 is 12.8. The van der Waals surface area contributed by atoms with E-state index in [2.05, 4.69) is 0 Å². The van der Waals surface area contributed by atoms with Crippen molar-refractivity contribution in [2.45, 2.75) is 38.4 Å². The standard InChI is InChI=1S/C28H33N5O6/c1-38-20-9-5-7-18(13-20)15-32-25(29)24(23(34)17-31-12-4-3-11-22(31)26(30)35)27(36)33(28(32)37)16-19-8-6-10-21(14-19)39-2/h5-10,13-14,22H,3-4,11-12,15-17,29H2,1-2H3,(H2,30,35). The number of carbonyl (C=O) groups is 2. The maximum absolute atomic E-state index is 13.7. The first-order chi connectivity index (χ1) is 18.7. The molecule has 0 saturated carbocycles. The lowest BCUT2D eigenvalue weighted by Gasteiger charge is -2.33. The van der Waals surface area contributed by atoms with E-state index in [-0.39, 0.29) is 31.0 Å². The van der Waals surface area contributed by atoms with Gasteiger partial charge in [-0.2, -0.15) is 0 Å². The summed E-state index contributed by atoms with van der Waals surface area (Å²) in [5.74, 6) is -0.181. The Morgan fingerprint density at radius 3 is 2.08 bits per heavy atom. The monoisotopic (exact) mass is 535 g/mol. The van der Waals surface area contributed by atoms with Crippen LogP contribution in [-0.2, 0) is 17.9 Å². The molecular formula is C28H33N5O6. The van der Waals surface area contributed by atoms with Gasteiger partial charge in [0.05, 0.1) is 39.9 Å². The first-order valence-electron chi connectivity index (χ1n) is 12.7. The first kappa shape index (κ1) is 27.6. The molecule has 1 amide bonds. The van der Waals surface area contributed by atoms with Crippen molar-refractivity contribution in [1.82, 2.24) is 14.0 Å². The summed E-state index contributed by atoms with van der Waals surface area (Å²) in [5, 5.41) is 0. The molecule has 1 unspecified atom stereocenters. The number of nitrogen functional groups attached to an aromatic ring is 1. The number of aromatic nitrogens is 2. The molecule has 39 heavy (non-hydrogen) atoms. The topological polar surface area (TPSA) is 152 Å². The number of ketones is 1. The van der Waals surface area contributed by atoms with Crippen molar-refractivity contribution >= 4 is 17.5 Å². The third-order valence-corrected chi connectivity index (χ3v) is 6.99. The second-order valence-corrected chi connectivity index (χ2v) is 9.53. The lowest BCUT2D eigenvalue weighted by atomic mass is 10.0. The molecule has 2 heterocycles. The predicted octanol–water partition coefficient (Wildman–Crippen LogP) is 1.23. The second kappa shape index (κ2) is 12.0. The molecule has 11 heteroatoms. The number of hydrogen-bond donors (Lipinski definition) is 2. The summed E-state index contributed by atoms with van der Waals surface area (Å²) in [5.41, 5.74) is 11.5. The molecule has 4 rings (SSSR count). The van der Waals surface area contributed by atoms with E-state index in [1.807, 2.05) is 0 Å². The second-order valence-electron chi connectivity index (χ2n) is 9.53. The van der Waals surface area contributed by atoms with Gasteiger partial charge in [-0.05, 0) is 54.8 Å². The largest absolute Gasteiger partial charge is 0.497 e. The molecule has 1 aromatic heterocycles. The minimum absolute atomic E-state index is 0.00810. The number of likely N-dealkylation sites (tertiary alicyclic amines) is 1. The van der Waals surface area contributed by atoms with Crippen molar-refractivity contribution in [3.05, 3.63) is 86.1 Å². The molecule has 1 aliphatic heterocycles. The third-order valence-electron chi connectivity index (χ3n) is 6.99. The van der Waals surface area contributed by atoms with Gasteiger partial charge in [-0.1, -0.05) is 30.7 Å². The third kappa shape index (κ3) is 6.04. The molecule has 0 bridgehead atoms. The van der Waals surface area contributed by atoms with Crippen LogP contribution in [0.2, 0.25) is 0 Å². The number of nitrogens with two attached hydrogens (primary N) is 2. The molecule has 0 radical (unpaired) electrons. The van der Waals surface area contributed by atoms with Crippen LogP contribution in [0.15, 0.2) is 58.1 Å². The number of primary amides is 1.